The van der Waals surface area contributed by atoms with Gasteiger partial charge in [0, 0.05) is 6.42 Å². The van der Waals surface area contributed by atoms with Gasteiger partial charge in [-0.25, -0.2) is 0 Å². The number of ketones is 1. The van der Waals surface area contributed by atoms with Crippen molar-refractivity contribution in [1.29, 1.82) is 0 Å². The highest BCUT2D eigenvalue weighted by Gasteiger charge is 2.36. The minimum Gasteiger partial charge on any atom is -0.461 e. The lowest BCUT2D eigenvalue weighted by atomic mass is 9.96. The molecule has 0 aliphatic rings. The summed E-state index contributed by atoms with van der Waals surface area (Å²) in [6.07, 6.45) is -10.7. The van der Waals surface area contributed by atoms with Crippen molar-refractivity contribution in [2.75, 3.05) is 6.61 Å². The third-order valence-corrected chi connectivity index (χ3v) is 3.75. The summed E-state index contributed by atoms with van der Waals surface area (Å²) >= 11 is 0. The van der Waals surface area contributed by atoms with Gasteiger partial charge in [-0.2, -0.15) is 0 Å². The maximum atomic E-state index is 11.8. The van der Waals surface area contributed by atoms with Crippen molar-refractivity contribution < 1.29 is 45.0 Å². The summed E-state index contributed by atoms with van der Waals surface area (Å²) < 4.78 is 4.96. The largest absolute Gasteiger partial charge is 0.461 e. The van der Waals surface area contributed by atoms with Gasteiger partial charge in [-0.1, -0.05) is 30.3 Å². The SMILES string of the molecule is O=C(CCC(=O)C(O)[C@@H](O)[C@@H](O)[C@H](O)[C@H](O)CO)OCc1ccccc1. The van der Waals surface area contributed by atoms with Gasteiger partial charge in [-0.15, -0.1) is 0 Å². The highest BCUT2D eigenvalue weighted by Crippen LogP contribution is 2.11. The number of rotatable bonds is 11. The number of carbonyl (C=O) groups excluding carboxylic acids is 2. The molecule has 26 heavy (non-hydrogen) atoms. The molecule has 0 radical (unpaired) electrons. The Bertz CT molecular complexity index is 563. The lowest BCUT2D eigenvalue weighted by molar-refractivity contribution is -0.157. The lowest BCUT2D eigenvalue weighted by Gasteiger charge is -2.27. The van der Waals surface area contributed by atoms with Crippen LogP contribution < -0.4 is 0 Å². The number of hydrogen-bond donors (Lipinski definition) is 6. The number of hydrogen-bond acceptors (Lipinski definition) is 9. The highest BCUT2D eigenvalue weighted by atomic mass is 16.5. The predicted molar refractivity (Wildman–Crippen MR) is 87.6 cm³/mol. The summed E-state index contributed by atoms with van der Waals surface area (Å²) in [5.74, 6) is -1.63. The zero-order valence-electron chi connectivity index (χ0n) is 14.0. The predicted octanol–water partition coefficient (Wildman–Crippen LogP) is -2.12. The highest BCUT2D eigenvalue weighted by molar-refractivity contribution is 5.86. The van der Waals surface area contributed by atoms with E-state index in [4.69, 9.17) is 9.84 Å². The molecule has 9 heteroatoms. The quantitative estimate of drug-likeness (QED) is 0.238. The standard InChI is InChI=1S/C17H24O9/c18-8-12(20)15(23)17(25)16(24)14(22)11(19)6-7-13(21)26-9-10-4-2-1-3-5-10/h1-5,12,14-18,20,22-25H,6-9H2/t12-,14?,15-,16-,17+/m1/s1. The molecule has 0 aliphatic carbocycles. The van der Waals surface area contributed by atoms with E-state index in [1.165, 1.54) is 0 Å². The Morgan fingerprint density at radius 2 is 1.50 bits per heavy atom. The molecule has 1 unspecified atom stereocenters. The topological polar surface area (TPSA) is 165 Å². The first kappa shape index (κ1) is 22.2. The summed E-state index contributed by atoms with van der Waals surface area (Å²) in [5.41, 5.74) is 0.766. The van der Waals surface area contributed by atoms with E-state index in [-0.39, 0.29) is 13.0 Å². The molecule has 0 spiro atoms. The van der Waals surface area contributed by atoms with Crippen LogP contribution in [0.5, 0.6) is 0 Å². The monoisotopic (exact) mass is 372 g/mol. The molecule has 0 aromatic heterocycles. The van der Waals surface area contributed by atoms with E-state index in [1.54, 1.807) is 24.3 Å². The van der Waals surface area contributed by atoms with Crippen molar-refractivity contribution in [2.24, 2.45) is 0 Å². The van der Waals surface area contributed by atoms with Crippen molar-refractivity contribution in [1.82, 2.24) is 0 Å². The number of carbonyl (C=O) groups is 2. The van der Waals surface area contributed by atoms with Gasteiger partial charge in [-0.3, -0.25) is 9.59 Å². The van der Waals surface area contributed by atoms with Crippen LogP contribution in [0, 0.1) is 0 Å². The zero-order chi connectivity index (χ0) is 19.7. The molecular weight excluding hydrogens is 348 g/mol. The Labute approximate surface area is 150 Å². The number of aliphatic hydroxyl groups excluding tert-OH is 6. The molecule has 0 saturated heterocycles. The third kappa shape index (κ3) is 6.79. The first-order valence-corrected chi connectivity index (χ1v) is 8.01. The summed E-state index contributed by atoms with van der Waals surface area (Å²) in [4.78, 5) is 23.4. The van der Waals surface area contributed by atoms with Gasteiger partial charge in [0.1, 0.15) is 37.1 Å². The third-order valence-electron chi connectivity index (χ3n) is 3.75. The van der Waals surface area contributed by atoms with Crippen LogP contribution in [0.1, 0.15) is 18.4 Å². The van der Waals surface area contributed by atoms with Crippen molar-refractivity contribution in [2.45, 2.75) is 50.0 Å². The summed E-state index contributed by atoms with van der Waals surface area (Å²) in [7, 11) is 0. The first-order chi connectivity index (χ1) is 12.3. The molecule has 0 amide bonds. The zero-order valence-corrected chi connectivity index (χ0v) is 14.0. The van der Waals surface area contributed by atoms with E-state index in [0.717, 1.165) is 5.56 Å². The van der Waals surface area contributed by atoms with Gasteiger partial charge in [0.25, 0.3) is 0 Å². The molecule has 1 rings (SSSR count). The minimum atomic E-state index is -2.10. The minimum absolute atomic E-state index is 0.0308. The fourth-order valence-electron chi connectivity index (χ4n) is 2.10. The molecule has 1 aromatic rings. The second-order valence-electron chi connectivity index (χ2n) is 5.78. The fraction of sp³-hybridized carbons (Fsp3) is 0.529. The van der Waals surface area contributed by atoms with Crippen LogP contribution in [-0.2, 0) is 20.9 Å². The molecule has 0 aliphatic heterocycles. The molecule has 6 N–H and O–H groups in total. The van der Waals surface area contributed by atoms with Gasteiger partial charge in [0.15, 0.2) is 5.78 Å². The van der Waals surface area contributed by atoms with Crippen LogP contribution in [0.25, 0.3) is 0 Å². The molecule has 5 atom stereocenters. The van der Waals surface area contributed by atoms with E-state index in [2.05, 4.69) is 0 Å². The Balaban J connectivity index is 2.42. The molecule has 0 fully saturated rings. The average molecular weight is 372 g/mol. The molecular formula is C17H24O9. The molecule has 9 nitrogen and oxygen atoms in total. The lowest BCUT2D eigenvalue weighted by Crippen LogP contribution is -2.51. The Kier molecular flexibility index (Phi) is 9.35. The number of Topliss-reactive ketones (excluding diaryl/α,β-unsaturated/α-hetero) is 1. The van der Waals surface area contributed by atoms with Gasteiger partial charge in [0.05, 0.1) is 13.0 Å². The van der Waals surface area contributed by atoms with Crippen LogP contribution in [0.3, 0.4) is 0 Å². The Hall–Kier alpha value is -1.88. The maximum Gasteiger partial charge on any atom is 0.306 e. The van der Waals surface area contributed by atoms with Crippen LogP contribution in [0.2, 0.25) is 0 Å². The summed E-state index contributed by atoms with van der Waals surface area (Å²) in [6, 6.07) is 8.87. The second-order valence-corrected chi connectivity index (χ2v) is 5.78. The number of ether oxygens (including phenoxy) is 1. The molecule has 0 saturated carbocycles. The van der Waals surface area contributed by atoms with Gasteiger partial charge in [-0.05, 0) is 5.56 Å². The molecule has 0 heterocycles. The van der Waals surface area contributed by atoms with E-state index >= 15 is 0 Å². The van der Waals surface area contributed by atoms with Crippen molar-refractivity contribution >= 4 is 11.8 Å². The van der Waals surface area contributed by atoms with E-state index in [1.807, 2.05) is 6.07 Å². The molecule has 1 aromatic carbocycles. The van der Waals surface area contributed by atoms with Crippen molar-refractivity contribution in [3.8, 4) is 0 Å². The molecule has 0 bridgehead atoms. The van der Waals surface area contributed by atoms with Gasteiger partial charge < -0.3 is 35.4 Å². The van der Waals surface area contributed by atoms with E-state index in [0.29, 0.717) is 0 Å². The van der Waals surface area contributed by atoms with Gasteiger partial charge in [0.2, 0.25) is 0 Å². The number of aliphatic hydroxyl groups is 6. The average Bonchev–Trinajstić information content (AvgIpc) is 2.68. The van der Waals surface area contributed by atoms with Crippen molar-refractivity contribution in [3.63, 3.8) is 0 Å². The van der Waals surface area contributed by atoms with E-state index < -0.39 is 55.3 Å². The summed E-state index contributed by atoms with van der Waals surface area (Å²) in [5, 5.41) is 56.4. The van der Waals surface area contributed by atoms with E-state index in [9.17, 15) is 35.1 Å². The fourth-order valence-corrected chi connectivity index (χ4v) is 2.10. The van der Waals surface area contributed by atoms with Crippen molar-refractivity contribution in [3.05, 3.63) is 35.9 Å². The normalized spacial score (nSPS) is 17.0. The Morgan fingerprint density at radius 3 is 2.08 bits per heavy atom. The van der Waals surface area contributed by atoms with Crippen LogP contribution in [-0.4, -0.2) is 79.5 Å². The van der Waals surface area contributed by atoms with Crippen LogP contribution in [0.15, 0.2) is 30.3 Å². The Morgan fingerprint density at radius 1 is 0.885 bits per heavy atom. The number of benzene rings is 1. The molecule has 146 valence electrons. The second kappa shape index (κ2) is 11.0. The smallest absolute Gasteiger partial charge is 0.306 e. The first-order valence-electron chi connectivity index (χ1n) is 8.01. The summed E-state index contributed by atoms with van der Waals surface area (Å²) in [6.45, 7) is -0.856. The maximum absolute atomic E-state index is 11.8. The van der Waals surface area contributed by atoms with Crippen LogP contribution in [0.4, 0.5) is 0 Å². The van der Waals surface area contributed by atoms with Crippen LogP contribution >= 0.6 is 0 Å². The van der Waals surface area contributed by atoms with Gasteiger partial charge >= 0.3 is 5.97 Å². The number of esters is 1.